The van der Waals surface area contributed by atoms with Gasteiger partial charge in [-0.1, -0.05) is 25.7 Å². The smallest absolute Gasteiger partial charge is 0.128 e. The minimum atomic E-state index is 0.656. The summed E-state index contributed by atoms with van der Waals surface area (Å²) >= 11 is 0. The van der Waals surface area contributed by atoms with Crippen molar-refractivity contribution in [3.63, 3.8) is 0 Å². The maximum absolute atomic E-state index is 5.70. The predicted molar refractivity (Wildman–Crippen MR) is 81.5 cm³/mol. The molecule has 0 aliphatic heterocycles. The lowest BCUT2D eigenvalue weighted by atomic mass is 10.1. The molecule has 0 aromatic carbocycles. The van der Waals surface area contributed by atoms with Crippen molar-refractivity contribution in [3.05, 3.63) is 23.9 Å². The molecule has 0 unspecified atom stereocenters. The minimum Gasteiger partial charge on any atom is -0.354 e. The summed E-state index contributed by atoms with van der Waals surface area (Å²) in [6.07, 6.45) is 11.1. The van der Waals surface area contributed by atoms with Crippen molar-refractivity contribution in [2.24, 2.45) is 5.73 Å². The molecule has 0 bridgehead atoms. The first-order chi connectivity index (χ1) is 9.31. The van der Waals surface area contributed by atoms with Gasteiger partial charge in [0.2, 0.25) is 0 Å². The Bertz CT molecular complexity index is 370. The van der Waals surface area contributed by atoms with Crippen molar-refractivity contribution in [2.75, 3.05) is 18.0 Å². The molecule has 1 aliphatic carbocycles. The SMILES string of the molecule is Cc1ccnc(N(CCCN)C2CCCCCC2)c1. The second kappa shape index (κ2) is 7.49. The van der Waals surface area contributed by atoms with E-state index >= 15 is 0 Å². The fraction of sp³-hybridized carbons (Fsp3) is 0.688. The first-order valence-electron chi connectivity index (χ1n) is 7.70. The van der Waals surface area contributed by atoms with Crippen LogP contribution in [0, 0.1) is 6.92 Å². The number of aryl methyl sites for hydroxylation is 1. The molecule has 0 saturated heterocycles. The minimum absolute atomic E-state index is 0.656. The Kier molecular flexibility index (Phi) is 5.64. The molecule has 1 fully saturated rings. The molecule has 1 aromatic rings. The van der Waals surface area contributed by atoms with Gasteiger partial charge in [0, 0.05) is 18.8 Å². The van der Waals surface area contributed by atoms with E-state index in [0.717, 1.165) is 25.3 Å². The van der Waals surface area contributed by atoms with Gasteiger partial charge in [-0.05, 0) is 50.4 Å². The molecule has 1 heterocycles. The molecule has 3 heteroatoms. The summed E-state index contributed by atoms with van der Waals surface area (Å²) in [6.45, 7) is 3.94. The third kappa shape index (κ3) is 4.20. The van der Waals surface area contributed by atoms with Gasteiger partial charge in [0.25, 0.3) is 0 Å². The summed E-state index contributed by atoms with van der Waals surface area (Å²) in [5, 5.41) is 0. The summed E-state index contributed by atoms with van der Waals surface area (Å²) in [7, 11) is 0. The summed E-state index contributed by atoms with van der Waals surface area (Å²) in [6, 6.07) is 4.93. The van der Waals surface area contributed by atoms with E-state index in [1.807, 2.05) is 6.20 Å². The number of hydrogen-bond acceptors (Lipinski definition) is 3. The van der Waals surface area contributed by atoms with Crippen LogP contribution in [0.1, 0.15) is 50.5 Å². The van der Waals surface area contributed by atoms with Crippen molar-refractivity contribution in [3.8, 4) is 0 Å². The van der Waals surface area contributed by atoms with Crippen molar-refractivity contribution < 1.29 is 0 Å². The lowest BCUT2D eigenvalue weighted by molar-refractivity contribution is 0.515. The van der Waals surface area contributed by atoms with Crippen molar-refractivity contribution in [1.29, 1.82) is 0 Å². The number of nitrogens with zero attached hydrogens (tertiary/aromatic N) is 2. The van der Waals surface area contributed by atoms with Crippen molar-refractivity contribution in [2.45, 2.75) is 57.9 Å². The maximum Gasteiger partial charge on any atom is 0.128 e. The van der Waals surface area contributed by atoms with E-state index in [9.17, 15) is 0 Å². The van der Waals surface area contributed by atoms with Crippen LogP contribution in [0.5, 0.6) is 0 Å². The van der Waals surface area contributed by atoms with Crippen molar-refractivity contribution in [1.82, 2.24) is 4.98 Å². The first kappa shape index (κ1) is 14.3. The van der Waals surface area contributed by atoms with E-state index in [-0.39, 0.29) is 0 Å². The summed E-state index contributed by atoms with van der Waals surface area (Å²) in [5.41, 5.74) is 6.99. The Balaban J connectivity index is 2.13. The number of pyridine rings is 1. The Morgan fingerprint density at radius 2 is 2.00 bits per heavy atom. The van der Waals surface area contributed by atoms with Crippen LogP contribution in [0.25, 0.3) is 0 Å². The second-order valence-electron chi connectivity index (χ2n) is 5.67. The Morgan fingerprint density at radius 1 is 1.26 bits per heavy atom. The monoisotopic (exact) mass is 261 g/mol. The van der Waals surface area contributed by atoms with Gasteiger partial charge < -0.3 is 10.6 Å². The third-order valence-corrected chi connectivity index (χ3v) is 4.06. The quantitative estimate of drug-likeness (QED) is 0.827. The lowest BCUT2D eigenvalue weighted by Crippen LogP contribution is -2.37. The lowest BCUT2D eigenvalue weighted by Gasteiger charge is -2.32. The highest BCUT2D eigenvalue weighted by Gasteiger charge is 2.20. The fourth-order valence-electron chi connectivity index (χ4n) is 2.99. The van der Waals surface area contributed by atoms with Gasteiger partial charge in [-0.3, -0.25) is 0 Å². The number of nitrogens with two attached hydrogens (primary N) is 1. The molecular formula is C16H27N3. The average Bonchev–Trinajstić information content (AvgIpc) is 2.68. The molecular weight excluding hydrogens is 234 g/mol. The van der Waals surface area contributed by atoms with Crippen LogP contribution in [0.2, 0.25) is 0 Å². The average molecular weight is 261 g/mol. The zero-order valence-corrected chi connectivity index (χ0v) is 12.1. The zero-order valence-electron chi connectivity index (χ0n) is 12.1. The van der Waals surface area contributed by atoms with Gasteiger partial charge >= 0.3 is 0 Å². The summed E-state index contributed by atoms with van der Waals surface area (Å²) < 4.78 is 0. The number of rotatable bonds is 5. The van der Waals surface area contributed by atoms with E-state index in [1.165, 1.54) is 44.1 Å². The topological polar surface area (TPSA) is 42.2 Å². The molecule has 1 aromatic heterocycles. The molecule has 3 nitrogen and oxygen atoms in total. The van der Waals surface area contributed by atoms with Crippen LogP contribution in [0.3, 0.4) is 0 Å². The first-order valence-corrected chi connectivity index (χ1v) is 7.70. The molecule has 0 spiro atoms. The summed E-state index contributed by atoms with van der Waals surface area (Å²) in [4.78, 5) is 7.09. The van der Waals surface area contributed by atoms with E-state index in [0.29, 0.717) is 6.04 Å². The predicted octanol–water partition coefficient (Wildman–Crippen LogP) is 3.27. The number of anilines is 1. The molecule has 1 saturated carbocycles. The second-order valence-corrected chi connectivity index (χ2v) is 5.67. The van der Waals surface area contributed by atoms with Gasteiger partial charge in [0.15, 0.2) is 0 Å². The summed E-state index contributed by atoms with van der Waals surface area (Å²) in [5.74, 6) is 1.14. The van der Waals surface area contributed by atoms with Crippen LogP contribution in [-0.2, 0) is 0 Å². The molecule has 2 N–H and O–H groups in total. The van der Waals surface area contributed by atoms with Crippen LogP contribution < -0.4 is 10.6 Å². The van der Waals surface area contributed by atoms with Crippen LogP contribution in [0.15, 0.2) is 18.3 Å². The van der Waals surface area contributed by atoms with Gasteiger partial charge in [-0.2, -0.15) is 0 Å². The largest absolute Gasteiger partial charge is 0.354 e. The zero-order chi connectivity index (χ0) is 13.5. The van der Waals surface area contributed by atoms with E-state index in [1.54, 1.807) is 0 Å². The molecule has 2 rings (SSSR count). The highest BCUT2D eigenvalue weighted by atomic mass is 15.2. The van der Waals surface area contributed by atoms with Crippen molar-refractivity contribution >= 4 is 5.82 Å². The van der Waals surface area contributed by atoms with E-state index in [4.69, 9.17) is 5.73 Å². The van der Waals surface area contributed by atoms with Crippen LogP contribution in [-0.4, -0.2) is 24.1 Å². The Morgan fingerprint density at radius 3 is 2.63 bits per heavy atom. The Hall–Kier alpha value is -1.09. The molecule has 0 amide bonds. The maximum atomic E-state index is 5.70. The standard InChI is InChI=1S/C16H27N3/c1-14-9-11-18-16(13-14)19(12-6-10-17)15-7-4-2-3-5-8-15/h9,11,13,15H,2-8,10,12,17H2,1H3. The molecule has 19 heavy (non-hydrogen) atoms. The molecule has 0 atom stereocenters. The van der Waals surface area contributed by atoms with Gasteiger partial charge in [0.05, 0.1) is 0 Å². The fourth-order valence-corrected chi connectivity index (χ4v) is 2.99. The molecule has 1 aliphatic rings. The van der Waals surface area contributed by atoms with Gasteiger partial charge in [-0.15, -0.1) is 0 Å². The molecule has 0 radical (unpaired) electrons. The normalized spacial score (nSPS) is 17.2. The highest BCUT2D eigenvalue weighted by Crippen LogP contribution is 2.26. The molecule has 106 valence electrons. The van der Waals surface area contributed by atoms with Gasteiger partial charge in [0.1, 0.15) is 5.82 Å². The van der Waals surface area contributed by atoms with E-state index < -0.39 is 0 Å². The number of hydrogen-bond donors (Lipinski definition) is 1. The van der Waals surface area contributed by atoms with Crippen LogP contribution in [0.4, 0.5) is 5.82 Å². The van der Waals surface area contributed by atoms with Gasteiger partial charge in [-0.25, -0.2) is 4.98 Å². The number of aromatic nitrogens is 1. The third-order valence-electron chi connectivity index (χ3n) is 4.06. The van der Waals surface area contributed by atoms with E-state index in [2.05, 4.69) is 28.9 Å². The Labute approximate surface area is 117 Å². The highest BCUT2D eigenvalue weighted by molar-refractivity contribution is 5.41. The van der Waals surface area contributed by atoms with Crippen LogP contribution >= 0.6 is 0 Å².